The molecule has 0 amide bonds. The minimum atomic E-state index is -4.34. The molecule has 2 aromatic carbocycles. The lowest BCUT2D eigenvalue weighted by atomic mass is 10.1. The van der Waals surface area contributed by atoms with Gasteiger partial charge in [-0.3, -0.25) is 0 Å². The van der Waals surface area contributed by atoms with E-state index in [4.69, 9.17) is 16.3 Å². The van der Waals surface area contributed by atoms with E-state index in [0.29, 0.717) is 34.6 Å². The molecular formula is C18H13ClF3N3O. The highest BCUT2D eigenvalue weighted by molar-refractivity contribution is 6.32. The second-order valence-electron chi connectivity index (χ2n) is 5.32. The van der Waals surface area contributed by atoms with E-state index >= 15 is 0 Å². The van der Waals surface area contributed by atoms with Crippen LogP contribution in [0.1, 0.15) is 11.1 Å². The van der Waals surface area contributed by atoms with Gasteiger partial charge in [-0.1, -0.05) is 35.9 Å². The van der Waals surface area contributed by atoms with Crippen molar-refractivity contribution in [3.63, 3.8) is 0 Å². The van der Waals surface area contributed by atoms with E-state index in [9.17, 15) is 13.2 Å². The van der Waals surface area contributed by atoms with Crippen LogP contribution in [0.2, 0.25) is 5.02 Å². The summed E-state index contributed by atoms with van der Waals surface area (Å²) in [5.41, 5.74) is 0.00361. The summed E-state index contributed by atoms with van der Waals surface area (Å²) in [7, 11) is 0. The molecule has 0 fully saturated rings. The molecule has 4 nitrogen and oxygen atoms in total. The van der Waals surface area contributed by atoms with E-state index < -0.39 is 11.7 Å². The molecule has 1 N–H and O–H groups in total. The number of anilines is 1. The minimum absolute atomic E-state index is 0.294. The third kappa shape index (κ3) is 4.64. The van der Waals surface area contributed by atoms with Gasteiger partial charge in [-0.2, -0.15) is 13.2 Å². The number of alkyl halides is 3. The zero-order chi connectivity index (χ0) is 18.6. The number of ether oxygens (including phenoxy) is 1. The first-order valence-corrected chi connectivity index (χ1v) is 7.94. The average molecular weight is 380 g/mol. The number of rotatable bonds is 5. The molecule has 0 atom stereocenters. The molecule has 0 aliphatic heterocycles. The lowest BCUT2D eigenvalue weighted by Crippen LogP contribution is -2.06. The molecule has 1 aromatic heterocycles. The quantitative estimate of drug-likeness (QED) is 0.631. The maximum absolute atomic E-state index is 12.6. The van der Waals surface area contributed by atoms with Crippen molar-refractivity contribution < 1.29 is 17.9 Å². The van der Waals surface area contributed by atoms with Gasteiger partial charge in [0.25, 0.3) is 0 Å². The molecular weight excluding hydrogens is 367 g/mol. The smallest absolute Gasteiger partial charge is 0.416 e. The summed E-state index contributed by atoms with van der Waals surface area (Å²) >= 11 is 6.04. The van der Waals surface area contributed by atoms with Gasteiger partial charge in [0.05, 0.1) is 10.6 Å². The topological polar surface area (TPSA) is 47.0 Å². The van der Waals surface area contributed by atoms with Gasteiger partial charge in [0, 0.05) is 12.6 Å². The summed E-state index contributed by atoms with van der Waals surface area (Å²) in [4.78, 5) is 8.07. The normalized spacial score (nSPS) is 11.2. The van der Waals surface area contributed by atoms with Gasteiger partial charge < -0.3 is 10.1 Å². The predicted molar refractivity (Wildman–Crippen MR) is 92.3 cm³/mol. The summed E-state index contributed by atoms with van der Waals surface area (Å²) in [6.45, 7) is 0.306. The van der Waals surface area contributed by atoms with Crippen molar-refractivity contribution in [3.8, 4) is 11.6 Å². The Labute approximate surface area is 152 Å². The Balaban J connectivity index is 1.65. The molecule has 26 heavy (non-hydrogen) atoms. The summed E-state index contributed by atoms with van der Waals surface area (Å²) in [5.74, 6) is 1.23. The molecule has 1 heterocycles. The van der Waals surface area contributed by atoms with E-state index in [1.165, 1.54) is 18.5 Å². The molecule has 3 aromatic rings. The van der Waals surface area contributed by atoms with Gasteiger partial charge in [-0.05, 0) is 29.8 Å². The van der Waals surface area contributed by atoms with Crippen molar-refractivity contribution in [2.24, 2.45) is 0 Å². The zero-order valence-electron chi connectivity index (χ0n) is 13.3. The average Bonchev–Trinajstić information content (AvgIpc) is 2.62. The lowest BCUT2D eigenvalue weighted by molar-refractivity contribution is -0.137. The molecule has 0 saturated heterocycles. The van der Waals surface area contributed by atoms with Crippen LogP contribution in [0.4, 0.5) is 19.0 Å². The molecule has 0 aliphatic rings. The Kier molecular flexibility index (Phi) is 5.27. The number of halogens is 4. The zero-order valence-corrected chi connectivity index (χ0v) is 14.1. The van der Waals surface area contributed by atoms with E-state index in [2.05, 4.69) is 15.3 Å². The largest absolute Gasteiger partial charge is 0.437 e. The summed E-state index contributed by atoms with van der Waals surface area (Å²) in [5, 5.41) is 3.46. The number of nitrogens with one attached hydrogen (secondary N) is 1. The Morgan fingerprint density at radius 2 is 1.73 bits per heavy atom. The SMILES string of the molecule is FC(F)(F)c1ccc(CNc2cc(Oc3ccccc3Cl)ncn2)cc1. The van der Waals surface area contributed by atoms with Crippen LogP contribution in [0.3, 0.4) is 0 Å². The predicted octanol–water partition coefficient (Wildman–Crippen LogP) is 5.55. The number of nitrogens with zero attached hydrogens (tertiary/aromatic N) is 2. The van der Waals surface area contributed by atoms with Gasteiger partial charge in [-0.15, -0.1) is 0 Å². The fourth-order valence-corrected chi connectivity index (χ4v) is 2.31. The van der Waals surface area contributed by atoms with E-state index in [1.54, 1.807) is 30.3 Å². The van der Waals surface area contributed by atoms with Gasteiger partial charge in [-0.25, -0.2) is 9.97 Å². The van der Waals surface area contributed by atoms with Crippen LogP contribution in [0.5, 0.6) is 11.6 Å². The number of aromatic nitrogens is 2. The Bertz CT molecular complexity index is 885. The molecule has 0 spiro atoms. The van der Waals surface area contributed by atoms with Crippen molar-refractivity contribution in [3.05, 3.63) is 77.1 Å². The van der Waals surface area contributed by atoms with Crippen LogP contribution in [0.25, 0.3) is 0 Å². The Morgan fingerprint density at radius 1 is 1.00 bits per heavy atom. The second kappa shape index (κ2) is 7.61. The van der Waals surface area contributed by atoms with Crippen LogP contribution in [-0.2, 0) is 12.7 Å². The van der Waals surface area contributed by atoms with Crippen LogP contribution in [0, 0.1) is 0 Å². The van der Waals surface area contributed by atoms with Crippen molar-refractivity contribution in [1.29, 1.82) is 0 Å². The van der Waals surface area contributed by atoms with Crippen LogP contribution < -0.4 is 10.1 Å². The molecule has 0 radical (unpaired) electrons. The van der Waals surface area contributed by atoms with Gasteiger partial charge >= 0.3 is 6.18 Å². The highest BCUT2D eigenvalue weighted by atomic mass is 35.5. The molecule has 134 valence electrons. The number of para-hydroxylation sites is 1. The van der Waals surface area contributed by atoms with Crippen molar-refractivity contribution in [2.45, 2.75) is 12.7 Å². The van der Waals surface area contributed by atoms with Crippen LogP contribution >= 0.6 is 11.6 Å². The van der Waals surface area contributed by atoms with Gasteiger partial charge in [0.15, 0.2) is 0 Å². The minimum Gasteiger partial charge on any atom is -0.437 e. The van der Waals surface area contributed by atoms with Crippen molar-refractivity contribution in [2.75, 3.05) is 5.32 Å². The van der Waals surface area contributed by atoms with Crippen molar-refractivity contribution in [1.82, 2.24) is 9.97 Å². The number of hydrogen-bond donors (Lipinski definition) is 1. The van der Waals surface area contributed by atoms with Gasteiger partial charge in [0.2, 0.25) is 5.88 Å². The second-order valence-corrected chi connectivity index (χ2v) is 5.73. The number of hydrogen-bond acceptors (Lipinski definition) is 4. The standard InChI is InChI=1S/C18H13ClF3N3O/c19-14-3-1-2-4-15(14)26-17-9-16(24-11-25-17)23-10-12-5-7-13(8-6-12)18(20,21)22/h1-9,11H,10H2,(H,23,24,25). The van der Waals surface area contributed by atoms with Crippen LogP contribution in [-0.4, -0.2) is 9.97 Å². The first-order chi connectivity index (χ1) is 12.4. The molecule has 0 bridgehead atoms. The monoisotopic (exact) mass is 379 g/mol. The molecule has 8 heteroatoms. The molecule has 0 aliphatic carbocycles. The third-order valence-electron chi connectivity index (χ3n) is 3.45. The Morgan fingerprint density at radius 3 is 2.42 bits per heavy atom. The maximum atomic E-state index is 12.6. The summed E-state index contributed by atoms with van der Waals surface area (Å²) < 4.78 is 43.3. The van der Waals surface area contributed by atoms with Crippen LogP contribution in [0.15, 0.2) is 60.9 Å². The van der Waals surface area contributed by atoms with Gasteiger partial charge in [0.1, 0.15) is 17.9 Å². The molecule has 0 unspecified atom stereocenters. The molecule has 3 rings (SSSR count). The summed E-state index contributed by atoms with van der Waals surface area (Å²) in [6, 6.07) is 13.5. The highest BCUT2D eigenvalue weighted by Crippen LogP contribution is 2.30. The first-order valence-electron chi connectivity index (χ1n) is 7.56. The first kappa shape index (κ1) is 18.0. The third-order valence-corrected chi connectivity index (χ3v) is 3.76. The van der Waals surface area contributed by atoms with E-state index in [0.717, 1.165) is 12.1 Å². The fraction of sp³-hybridized carbons (Fsp3) is 0.111. The lowest BCUT2D eigenvalue weighted by Gasteiger charge is -2.10. The van der Waals surface area contributed by atoms with Crippen molar-refractivity contribution >= 4 is 17.4 Å². The number of benzene rings is 2. The van der Waals surface area contributed by atoms with E-state index in [1.807, 2.05) is 0 Å². The Hall–Kier alpha value is -2.80. The highest BCUT2D eigenvalue weighted by Gasteiger charge is 2.29. The molecule has 0 saturated carbocycles. The summed E-state index contributed by atoms with van der Waals surface area (Å²) in [6.07, 6.45) is -3.02. The maximum Gasteiger partial charge on any atom is 0.416 e. The van der Waals surface area contributed by atoms with E-state index in [-0.39, 0.29) is 0 Å². The fourth-order valence-electron chi connectivity index (χ4n) is 2.14.